The number of rotatable bonds is 3. The number of carbonyl (C=O) groups is 3. The zero-order valence-corrected chi connectivity index (χ0v) is 16.3. The summed E-state index contributed by atoms with van der Waals surface area (Å²) in [6.45, 7) is 11.1. The molecule has 0 bridgehead atoms. The third kappa shape index (κ3) is 4.73. The summed E-state index contributed by atoms with van der Waals surface area (Å²) >= 11 is 0. The number of ether oxygens (including phenoxy) is 2. The second kappa shape index (κ2) is 6.96. The third-order valence-corrected chi connectivity index (χ3v) is 4.83. The monoisotopic (exact) mass is 353 g/mol. The molecule has 2 aliphatic rings. The van der Waals surface area contributed by atoms with Gasteiger partial charge in [0.15, 0.2) is 0 Å². The van der Waals surface area contributed by atoms with Gasteiger partial charge in [-0.25, -0.2) is 9.69 Å². The predicted molar refractivity (Wildman–Crippen MR) is 92.8 cm³/mol. The van der Waals surface area contributed by atoms with Gasteiger partial charge in [-0.1, -0.05) is 27.2 Å². The van der Waals surface area contributed by atoms with Gasteiger partial charge in [-0.2, -0.15) is 0 Å². The molecule has 0 aromatic rings. The van der Waals surface area contributed by atoms with Gasteiger partial charge in [0.25, 0.3) is 0 Å². The van der Waals surface area contributed by atoms with Crippen molar-refractivity contribution in [1.29, 1.82) is 0 Å². The van der Waals surface area contributed by atoms with E-state index in [1.807, 2.05) is 20.8 Å². The van der Waals surface area contributed by atoms with Gasteiger partial charge in [0, 0.05) is 6.42 Å². The van der Waals surface area contributed by atoms with Crippen LogP contribution in [0.4, 0.5) is 4.79 Å². The maximum atomic E-state index is 12.9. The maximum Gasteiger partial charge on any atom is 0.417 e. The Morgan fingerprint density at radius 3 is 2.32 bits per heavy atom. The number of fused-ring (bicyclic) bond motifs is 1. The smallest absolute Gasteiger partial charge is 0.417 e. The second-order valence-electron chi connectivity index (χ2n) is 9.19. The van der Waals surface area contributed by atoms with Crippen LogP contribution in [-0.4, -0.2) is 40.6 Å². The van der Waals surface area contributed by atoms with Gasteiger partial charge < -0.3 is 9.47 Å². The fourth-order valence-corrected chi connectivity index (χ4v) is 3.51. The van der Waals surface area contributed by atoms with Gasteiger partial charge in [0.1, 0.15) is 11.7 Å². The summed E-state index contributed by atoms with van der Waals surface area (Å²) in [5.74, 6) is -1.36. The molecule has 0 unspecified atom stereocenters. The normalized spacial score (nSPS) is 25.2. The highest BCUT2D eigenvalue weighted by Gasteiger charge is 2.47. The predicted octanol–water partition coefficient (Wildman–Crippen LogP) is 3.67. The first-order valence-corrected chi connectivity index (χ1v) is 9.15. The lowest BCUT2D eigenvalue weighted by Gasteiger charge is -2.33. The Labute approximate surface area is 150 Å². The molecule has 1 aliphatic carbocycles. The molecule has 1 saturated carbocycles. The molecular formula is C19H31NO5. The standard InChI is InChI=1S/C19H31NO5/c1-18(2,3)12(16(22)25-19(4,5)6)11-15(21)20-13-9-7-8-10-14(13)24-17(20)23/h12-14H,7-11H2,1-6H3/t12-,13+,14+/m1/s1. The highest BCUT2D eigenvalue weighted by molar-refractivity contribution is 5.95. The van der Waals surface area contributed by atoms with E-state index in [2.05, 4.69) is 0 Å². The van der Waals surface area contributed by atoms with E-state index in [0.29, 0.717) is 0 Å². The number of carbonyl (C=O) groups excluding carboxylic acids is 3. The molecule has 1 heterocycles. The van der Waals surface area contributed by atoms with Crippen molar-refractivity contribution in [3.05, 3.63) is 0 Å². The van der Waals surface area contributed by atoms with E-state index in [1.165, 1.54) is 4.90 Å². The van der Waals surface area contributed by atoms with Crippen LogP contribution in [0.2, 0.25) is 0 Å². The van der Waals surface area contributed by atoms with Crippen LogP contribution in [0.5, 0.6) is 0 Å². The molecular weight excluding hydrogens is 322 g/mol. The number of imide groups is 1. The Hall–Kier alpha value is -1.59. The third-order valence-electron chi connectivity index (χ3n) is 4.83. The maximum absolute atomic E-state index is 12.9. The fourth-order valence-electron chi connectivity index (χ4n) is 3.51. The van der Waals surface area contributed by atoms with Crippen molar-refractivity contribution in [2.24, 2.45) is 11.3 Å². The molecule has 0 N–H and O–H groups in total. The van der Waals surface area contributed by atoms with Crippen LogP contribution in [0, 0.1) is 11.3 Å². The average Bonchev–Trinajstić information content (AvgIpc) is 2.77. The Bertz CT molecular complexity index is 543. The van der Waals surface area contributed by atoms with Gasteiger partial charge in [-0.3, -0.25) is 9.59 Å². The Morgan fingerprint density at radius 2 is 1.76 bits per heavy atom. The average molecular weight is 353 g/mol. The fraction of sp³-hybridized carbons (Fsp3) is 0.842. The summed E-state index contributed by atoms with van der Waals surface area (Å²) in [6.07, 6.45) is 2.76. The summed E-state index contributed by atoms with van der Waals surface area (Å²) in [5.41, 5.74) is -1.07. The van der Waals surface area contributed by atoms with Crippen molar-refractivity contribution < 1.29 is 23.9 Å². The van der Waals surface area contributed by atoms with E-state index in [4.69, 9.17) is 9.47 Å². The van der Waals surface area contributed by atoms with E-state index < -0.39 is 29.0 Å². The minimum atomic E-state index is -0.620. The highest BCUT2D eigenvalue weighted by Crippen LogP contribution is 2.36. The van der Waals surface area contributed by atoms with Crippen molar-refractivity contribution in [3.8, 4) is 0 Å². The van der Waals surface area contributed by atoms with Crippen LogP contribution in [-0.2, 0) is 19.1 Å². The van der Waals surface area contributed by atoms with Crippen molar-refractivity contribution in [1.82, 2.24) is 4.90 Å². The van der Waals surface area contributed by atoms with Gasteiger partial charge in [0.2, 0.25) is 5.91 Å². The molecule has 1 saturated heterocycles. The first-order chi connectivity index (χ1) is 11.4. The van der Waals surface area contributed by atoms with Crippen molar-refractivity contribution in [2.75, 3.05) is 0 Å². The molecule has 1 aliphatic heterocycles. The molecule has 0 aromatic heterocycles. The Kier molecular flexibility index (Phi) is 5.50. The topological polar surface area (TPSA) is 72.9 Å². The van der Waals surface area contributed by atoms with Crippen LogP contribution >= 0.6 is 0 Å². The summed E-state index contributed by atoms with van der Waals surface area (Å²) < 4.78 is 10.9. The number of nitrogens with zero attached hydrogens (tertiary/aromatic N) is 1. The van der Waals surface area contributed by atoms with E-state index in [-0.39, 0.29) is 24.5 Å². The van der Waals surface area contributed by atoms with Crippen molar-refractivity contribution in [3.63, 3.8) is 0 Å². The zero-order valence-electron chi connectivity index (χ0n) is 16.3. The van der Waals surface area contributed by atoms with Crippen LogP contribution in [0.1, 0.15) is 73.6 Å². The minimum Gasteiger partial charge on any atom is -0.460 e. The summed E-state index contributed by atoms with van der Waals surface area (Å²) in [4.78, 5) is 38.9. The Balaban J connectivity index is 2.14. The van der Waals surface area contributed by atoms with Crippen LogP contribution in [0.15, 0.2) is 0 Å². The van der Waals surface area contributed by atoms with Gasteiger partial charge in [-0.05, 0) is 45.4 Å². The summed E-state index contributed by atoms with van der Waals surface area (Å²) in [5, 5.41) is 0. The first kappa shape index (κ1) is 19.7. The van der Waals surface area contributed by atoms with Crippen molar-refractivity contribution in [2.45, 2.75) is 91.4 Å². The van der Waals surface area contributed by atoms with Gasteiger partial charge in [-0.15, -0.1) is 0 Å². The SMILES string of the molecule is CC(C)(C)OC(=O)[C@@H](CC(=O)N1C(=O)O[C@H]2CCCC[C@@H]21)C(C)(C)C. The lowest BCUT2D eigenvalue weighted by atomic mass is 9.78. The van der Waals surface area contributed by atoms with E-state index in [1.54, 1.807) is 20.8 Å². The van der Waals surface area contributed by atoms with Crippen LogP contribution in [0.25, 0.3) is 0 Å². The molecule has 2 amide bonds. The van der Waals surface area contributed by atoms with E-state index in [0.717, 1.165) is 25.7 Å². The number of amides is 2. The highest BCUT2D eigenvalue weighted by atomic mass is 16.6. The van der Waals surface area contributed by atoms with Crippen LogP contribution < -0.4 is 0 Å². The quantitative estimate of drug-likeness (QED) is 0.724. The number of hydrogen-bond donors (Lipinski definition) is 0. The molecule has 0 spiro atoms. The summed E-state index contributed by atoms with van der Waals surface area (Å²) in [6, 6.07) is -0.187. The zero-order chi connectivity index (χ0) is 19.0. The second-order valence-corrected chi connectivity index (χ2v) is 9.19. The number of hydrogen-bond acceptors (Lipinski definition) is 5. The molecule has 0 radical (unpaired) electrons. The first-order valence-electron chi connectivity index (χ1n) is 9.15. The molecule has 2 fully saturated rings. The molecule has 6 heteroatoms. The number of esters is 1. The Morgan fingerprint density at radius 1 is 1.16 bits per heavy atom. The van der Waals surface area contributed by atoms with E-state index in [9.17, 15) is 14.4 Å². The lowest BCUT2D eigenvalue weighted by molar-refractivity contribution is -0.166. The molecule has 25 heavy (non-hydrogen) atoms. The lowest BCUT2D eigenvalue weighted by Crippen LogP contribution is -2.45. The molecule has 2 rings (SSSR count). The molecule has 142 valence electrons. The molecule has 6 nitrogen and oxygen atoms in total. The van der Waals surface area contributed by atoms with Gasteiger partial charge >= 0.3 is 12.1 Å². The van der Waals surface area contributed by atoms with E-state index >= 15 is 0 Å². The van der Waals surface area contributed by atoms with Crippen LogP contribution in [0.3, 0.4) is 0 Å². The largest absolute Gasteiger partial charge is 0.460 e. The summed E-state index contributed by atoms with van der Waals surface area (Å²) in [7, 11) is 0. The molecule has 3 atom stereocenters. The minimum absolute atomic E-state index is 0.0449. The molecule has 0 aromatic carbocycles. The van der Waals surface area contributed by atoms with Crippen molar-refractivity contribution >= 4 is 18.0 Å². The van der Waals surface area contributed by atoms with Gasteiger partial charge in [0.05, 0.1) is 12.0 Å².